The SMILES string of the molecule is O=C(Nc1ccc(Cl)cc1Cl)c1ccc(OCCOc2ccccc2)cc1. The summed E-state index contributed by atoms with van der Waals surface area (Å²) in [6, 6.07) is 21.3. The van der Waals surface area contributed by atoms with Crippen LogP contribution < -0.4 is 14.8 Å². The standard InChI is InChI=1S/C21H17Cl2NO3/c22-16-8-11-20(19(23)14-16)24-21(25)15-6-9-18(10-7-15)27-13-12-26-17-4-2-1-3-5-17/h1-11,14H,12-13H2,(H,24,25). The normalized spacial score (nSPS) is 10.3. The highest BCUT2D eigenvalue weighted by Gasteiger charge is 2.09. The monoisotopic (exact) mass is 401 g/mol. The fourth-order valence-corrected chi connectivity index (χ4v) is 2.78. The minimum absolute atomic E-state index is 0.266. The van der Waals surface area contributed by atoms with Gasteiger partial charge in [0.2, 0.25) is 0 Å². The van der Waals surface area contributed by atoms with Crippen LogP contribution in [0.15, 0.2) is 72.8 Å². The van der Waals surface area contributed by atoms with Gasteiger partial charge in [-0.3, -0.25) is 4.79 Å². The van der Waals surface area contributed by atoms with Gasteiger partial charge in [0.15, 0.2) is 0 Å². The molecule has 138 valence electrons. The number of halogens is 2. The molecule has 0 heterocycles. The van der Waals surface area contributed by atoms with Gasteiger partial charge in [0.25, 0.3) is 5.91 Å². The molecule has 0 aromatic heterocycles. The number of rotatable bonds is 7. The van der Waals surface area contributed by atoms with E-state index in [9.17, 15) is 4.79 Å². The van der Waals surface area contributed by atoms with E-state index in [0.717, 1.165) is 5.75 Å². The lowest BCUT2D eigenvalue weighted by Crippen LogP contribution is -2.12. The molecule has 27 heavy (non-hydrogen) atoms. The van der Waals surface area contributed by atoms with Crippen molar-refractivity contribution in [1.29, 1.82) is 0 Å². The number of benzene rings is 3. The van der Waals surface area contributed by atoms with Gasteiger partial charge in [-0.15, -0.1) is 0 Å². The first-order chi connectivity index (χ1) is 13.1. The average Bonchev–Trinajstić information content (AvgIpc) is 2.69. The van der Waals surface area contributed by atoms with Crippen molar-refractivity contribution in [3.63, 3.8) is 0 Å². The molecular formula is C21H17Cl2NO3. The Morgan fingerprint density at radius 1 is 0.815 bits per heavy atom. The largest absolute Gasteiger partial charge is 0.490 e. The molecule has 0 aliphatic heterocycles. The van der Waals surface area contributed by atoms with Gasteiger partial charge in [-0.1, -0.05) is 41.4 Å². The molecule has 4 nitrogen and oxygen atoms in total. The van der Waals surface area contributed by atoms with Crippen LogP contribution in [0.4, 0.5) is 5.69 Å². The van der Waals surface area contributed by atoms with Crippen molar-refractivity contribution >= 4 is 34.8 Å². The van der Waals surface area contributed by atoms with E-state index in [1.54, 1.807) is 42.5 Å². The second-order valence-corrected chi connectivity index (χ2v) is 6.46. The van der Waals surface area contributed by atoms with E-state index < -0.39 is 0 Å². The summed E-state index contributed by atoms with van der Waals surface area (Å²) in [6.07, 6.45) is 0. The maximum absolute atomic E-state index is 12.3. The highest BCUT2D eigenvalue weighted by atomic mass is 35.5. The van der Waals surface area contributed by atoms with E-state index in [0.29, 0.717) is 40.3 Å². The Kier molecular flexibility index (Phi) is 6.58. The van der Waals surface area contributed by atoms with Crippen molar-refractivity contribution < 1.29 is 14.3 Å². The van der Waals surface area contributed by atoms with Crippen LogP contribution in [0.1, 0.15) is 10.4 Å². The van der Waals surface area contributed by atoms with Crippen molar-refractivity contribution in [1.82, 2.24) is 0 Å². The quantitative estimate of drug-likeness (QED) is 0.516. The van der Waals surface area contributed by atoms with Gasteiger partial charge in [-0.05, 0) is 54.6 Å². The molecular weight excluding hydrogens is 385 g/mol. The molecule has 0 saturated carbocycles. The van der Waals surface area contributed by atoms with Crippen LogP contribution in [-0.4, -0.2) is 19.1 Å². The third-order valence-corrected chi connectivity index (χ3v) is 4.21. The number of hydrogen-bond donors (Lipinski definition) is 1. The molecule has 3 rings (SSSR count). The Morgan fingerprint density at radius 3 is 2.07 bits per heavy atom. The molecule has 0 unspecified atom stereocenters. The van der Waals surface area contributed by atoms with Crippen LogP contribution >= 0.6 is 23.2 Å². The Labute approximate surface area is 167 Å². The van der Waals surface area contributed by atoms with Crippen LogP contribution in [0.3, 0.4) is 0 Å². The first kappa shape index (κ1) is 19.1. The summed E-state index contributed by atoms with van der Waals surface area (Å²) in [7, 11) is 0. The van der Waals surface area contributed by atoms with Crippen molar-refractivity contribution in [2.24, 2.45) is 0 Å². The highest BCUT2D eigenvalue weighted by molar-refractivity contribution is 6.36. The van der Waals surface area contributed by atoms with E-state index >= 15 is 0 Å². The van der Waals surface area contributed by atoms with Crippen LogP contribution in [-0.2, 0) is 0 Å². The summed E-state index contributed by atoms with van der Waals surface area (Å²) in [5.41, 5.74) is 0.998. The van der Waals surface area contributed by atoms with E-state index in [-0.39, 0.29) is 5.91 Å². The van der Waals surface area contributed by atoms with Gasteiger partial charge in [-0.25, -0.2) is 0 Å². The molecule has 0 saturated heterocycles. The molecule has 0 bridgehead atoms. The predicted octanol–water partition coefficient (Wildman–Crippen LogP) is 5.70. The van der Waals surface area contributed by atoms with Crippen LogP contribution in [0.25, 0.3) is 0 Å². The molecule has 3 aromatic carbocycles. The van der Waals surface area contributed by atoms with E-state index in [1.807, 2.05) is 30.3 Å². The fourth-order valence-electron chi connectivity index (χ4n) is 2.32. The van der Waals surface area contributed by atoms with E-state index in [1.165, 1.54) is 0 Å². The van der Waals surface area contributed by atoms with E-state index in [2.05, 4.69) is 5.32 Å². The molecule has 1 N–H and O–H groups in total. The Morgan fingerprint density at radius 2 is 1.44 bits per heavy atom. The third-order valence-electron chi connectivity index (χ3n) is 3.66. The summed E-state index contributed by atoms with van der Waals surface area (Å²) in [5, 5.41) is 3.65. The maximum Gasteiger partial charge on any atom is 0.255 e. The van der Waals surface area contributed by atoms with E-state index in [4.69, 9.17) is 32.7 Å². The van der Waals surface area contributed by atoms with Crippen molar-refractivity contribution in [2.75, 3.05) is 18.5 Å². The van der Waals surface area contributed by atoms with Gasteiger partial charge in [-0.2, -0.15) is 0 Å². The third kappa shape index (κ3) is 5.64. The first-order valence-corrected chi connectivity index (χ1v) is 9.04. The molecule has 0 radical (unpaired) electrons. The zero-order valence-electron chi connectivity index (χ0n) is 14.3. The molecule has 0 aliphatic carbocycles. The molecule has 0 aliphatic rings. The molecule has 3 aromatic rings. The second-order valence-electron chi connectivity index (χ2n) is 5.61. The Bertz CT molecular complexity index is 899. The van der Waals surface area contributed by atoms with Crippen LogP contribution in [0, 0.1) is 0 Å². The fraction of sp³-hybridized carbons (Fsp3) is 0.0952. The lowest BCUT2D eigenvalue weighted by atomic mass is 10.2. The lowest BCUT2D eigenvalue weighted by Gasteiger charge is -2.10. The summed E-state index contributed by atoms with van der Waals surface area (Å²) < 4.78 is 11.2. The number of ether oxygens (including phenoxy) is 2. The topological polar surface area (TPSA) is 47.6 Å². The number of carbonyl (C=O) groups is 1. The maximum atomic E-state index is 12.3. The zero-order chi connectivity index (χ0) is 19.1. The molecule has 6 heteroatoms. The van der Waals surface area contributed by atoms with Gasteiger partial charge < -0.3 is 14.8 Å². The Hall–Kier alpha value is -2.69. The number of hydrogen-bond acceptors (Lipinski definition) is 3. The van der Waals surface area contributed by atoms with Crippen molar-refractivity contribution in [3.05, 3.63) is 88.4 Å². The number of para-hydroxylation sites is 1. The van der Waals surface area contributed by atoms with Gasteiger partial charge >= 0.3 is 0 Å². The highest BCUT2D eigenvalue weighted by Crippen LogP contribution is 2.26. The summed E-state index contributed by atoms with van der Waals surface area (Å²) in [5.74, 6) is 1.19. The Balaban J connectivity index is 1.49. The minimum Gasteiger partial charge on any atom is -0.490 e. The zero-order valence-corrected chi connectivity index (χ0v) is 15.8. The number of carbonyl (C=O) groups excluding carboxylic acids is 1. The van der Waals surface area contributed by atoms with Gasteiger partial charge in [0, 0.05) is 10.6 Å². The number of amides is 1. The molecule has 1 amide bonds. The van der Waals surface area contributed by atoms with Crippen molar-refractivity contribution in [2.45, 2.75) is 0 Å². The number of anilines is 1. The minimum atomic E-state index is -0.266. The van der Waals surface area contributed by atoms with Gasteiger partial charge in [0.05, 0.1) is 10.7 Å². The average molecular weight is 402 g/mol. The van der Waals surface area contributed by atoms with Gasteiger partial charge in [0.1, 0.15) is 24.7 Å². The summed E-state index contributed by atoms with van der Waals surface area (Å²) >= 11 is 11.9. The summed E-state index contributed by atoms with van der Waals surface area (Å²) in [6.45, 7) is 0.835. The predicted molar refractivity (Wildman–Crippen MR) is 108 cm³/mol. The summed E-state index contributed by atoms with van der Waals surface area (Å²) in [4.78, 5) is 12.3. The second kappa shape index (κ2) is 9.31. The smallest absolute Gasteiger partial charge is 0.255 e. The molecule has 0 spiro atoms. The first-order valence-electron chi connectivity index (χ1n) is 8.29. The van der Waals surface area contributed by atoms with Crippen LogP contribution in [0.5, 0.6) is 11.5 Å². The number of nitrogens with one attached hydrogen (secondary N) is 1. The van der Waals surface area contributed by atoms with Crippen LogP contribution in [0.2, 0.25) is 10.0 Å². The molecule has 0 fully saturated rings. The lowest BCUT2D eigenvalue weighted by molar-refractivity contribution is 0.102. The molecule has 0 atom stereocenters. The van der Waals surface area contributed by atoms with Crippen molar-refractivity contribution in [3.8, 4) is 11.5 Å².